The maximum atomic E-state index is 5.80. The third kappa shape index (κ3) is 1.58. The predicted molar refractivity (Wildman–Crippen MR) is 76.9 cm³/mol. The summed E-state index contributed by atoms with van der Waals surface area (Å²) in [5.41, 5.74) is 14.3. The highest BCUT2D eigenvalue weighted by Crippen LogP contribution is 2.47. The molecule has 1 heteroatoms. The van der Waals surface area contributed by atoms with Gasteiger partial charge in [-0.25, -0.2) is 0 Å². The summed E-state index contributed by atoms with van der Waals surface area (Å²) in [4.78, 5) is 0. The minimum absolute atomic E-state index is 0.486. The molecule has 0 fully saturated rings. The monoisotopic (exact) mass is 237 g/mol. The van der Waals surface area contributed by atoms with Gasteiger partial charge in [-0.3, -0.25) is 0 Å². The fourth-order valence-corrected chi connectivity index (χ4v) is 3.19. The smallest absolute Gasteiger partial charge is 0.0114 e. The molecule has 1 unspecified atom stereocenters. The molecule has 0 spiro atoms. The van der Waals surface area contributed by atoms with Gasteiger partial charge >= 0.3 is 0 Å². The Morgan fingerprint density at radius 3 is 2.67 bits per heavy atom. The van der Waals surface area contributed by atoms with E-state index in [0.29, 0.717) is 5.92 Å². The Hall–Kier alpha value is -1.60. The average molecular weight is 237 g/mol. The molecule has 1 aliphatic carbocycles. The number of nitrogens with two attached hydrogens (primary N) is 1. The quantitative estimate of drug-likeness (QED) is 0.845. The van der Waals surface area contributed by atoms with Gasteiger partial charge in [-0.2, -0.15) is 0 Å². The van der Waals surface area contributed by atoms with Crippen molar-refractivity contribution in [1.82, 2.24) is 0 Å². The second-order valence-corrected chi connectivity index (χ2v) is 5.26. The Kier molecular flexibility index (Phi) is 2.71. The molecule has 0 saturated carbocycles. The predicted octanol–water partition coefficient (Wildman–Crippen LogP) is 3.76. The van der Waals surface area contributed by atoms with Crippen LogP contribution in [0.4, 0.5) is 0 Å². The molecule has 3 rings (SSSR count). The maximum absolute atomic E-state index is 5.80. The Morgan fingerprint density at radius 1 is 1.06 bits per heavy atom. The SMILES string of the molecule is Cc1ccc2c(c1)C(CCN)c1cccc(C)c1-2. The summed E-state index contributed by atoms with van der Waals surface area (Å²) in [7, 11) is 0. The van der Waals surface area contributed by atoms with Crippen molar-refractivity contribution in [3.8, 4) is 11.1 Å². The molecule has 1 aliphatic rings. The normalized spacial score (nSPS) is 16.5. The van der Waals surface area contributed by atoms with Gasteiger partial charge in [0.15, 0.2) is 0 Å². The first kappa shape index (κ1) is 11.5. The van der Waals surface area contributed by atoms with Crippen molar-refractivity contribution in [3.63, 3.8) is 0 Å². The van der Waals surface area contributed by atoms with Gasteiger partial charge < -0.3 is 5.73 Å². The maximum Gasteiger partial charge on any atom is 0.0114 e. The lowest BCUT2D eigenvalue weighted by molar-refractivity contribution is 0.740. The number of fused-ring (bicyclic) bond motifs is 3. The lowest BCUT2D eigenvalue weighted by Crippen LogP contribution is -2.06. The first-order valence-electron chi connectivity index (χ1n) is 6.63. The van der Waals surface area contributed by atoms with Crippen LogP contribution >= 0.6 is 0 Å². The van der Waals surface area contributed by atoms with Crippen molar-refractivity contribution < 1.29 is 0 Å². The molecule has 92 valence electrons. The summed E-state index contributed by atoms with van der Waals surface area (Å²) in [5.74, 6) is 0.486. The summed E-state index contributed by atoms with van der Waals surface area (Å²) < 4.78 is 0. The van der Waals surface area contributed by atoms with Gasteiger partial charge in [0.1, 0.15) is 0 Å². The third-order valence-electron chi connectivity index (χ3n) is 3.99. The zero-order chi connectivity index (χ0) is 12.7. The van der Waals surface area contributed by atoms with E-state index in [1.807, 2.05) is 0 Å². The Bertz CT molecular complexity index is 599. The van der Waals surface area contributed by atoms with Crippen LogP contribution < -0.4 is 5.73 Å². The van der Waals surface area contributed by atoms with E-state index in [2.05, 4.69) is 50.2 Å². The van der Waals surface area contributed by atoms with Crippen molar-refractivity contribution >= 4 is 0 Å². The van der Waals surface area contributed by atoms with Gasteiger partial charge in [0.25, 0.3) is 0 Å². The molecule has 0 amide bonds. The first-order valence-corrected chi connectivity index (χ1v) is 6.63. The minimum atomic E-state index is 0.486. The lowest BCUT2D eigenvalue weighted by atomic mass is 9.92. The summed E-state index contributed by atoms with van der Waals surface area (Å²) in [6.07, 6.45) is 1.03. The third-order valence-corrected chi connectivity index (χ3v) is 3.99. The van der Waals surface area contributed by atoms with Crippen LogP contribution in [0.25, 0.3) is 11.1 Å². The van der Waals surface area contributed by atoms with Crippen LogP contribution in [0.15, 0.2) is 36.4 Å². The molecule has 2 aromatic carbocycles. The summed E-state index contributed by atoms with van der Waals surface area (Å²) in [6, 6.07) is 13.4. The lowest BCUT2D eigenvalue weighted by Gasteiger charge is -2.12. The van der Waals surface area contributed by atoms with E-state index in [0.717, 1.165) is 13.0 Å². The highest BCUT2D eigenvalue weighted by molar-refractivity contribution is 5.81. The highest BCUT2D eigenvalue weighted by atomic mass is 14.5. The molecular formula is C17H19N. The number of hydrogen-bond acceptors (Lipinski definition) is 1. The summed E-state index contributed by atoms with van der Waals surface area (Å²) >= 11 is 0. The van der Waals surface area contributed by atoms with E-state index in [1.165, 1.54) is 33.4 Å². The van der Waals surface area contributed by atoms with Crippen molar-refractivity contribution in [2.24, 2.45) is 5.73 Å². The van der Waals surface area contributed by atoms with Gasteiger partial charge in [0, 0.05) is 5.92 Å². The van der Waals surface area contributed by atoms with Gasteiger partial charge in [-0.05, 0) is 54.6 Å². The second-order valence-electron chi connectivity index (χ2n) is 5.26. The van der Waals surface area contributed by atoms with Crippen molar-refractivity contribution in [1.29, 1.82) is 0 Å². The Morgan fingerprint density at radius 2 is 1.89 bits per heavy atom. The minimum Gasteiger partial charge on any atom is -0.330 e. The molecule has 18 heavy (non-hydrogen) atoms. The molecular weight excluding hydrogens is 218 g/mol. The Balaban J connectivity index is 2.27. The van der Waals surface area contributed by atoms with Crippen LogP contribution in [-0.2, 0) is 0 Å². The number of aryl methyl sites for hydroxylation is 2. The van der Waals surface area contributed by atoms with Crippen molar-refractivity contribution in [2.75, 3.05) is 6.54 Å². The van der Waals surface area contributed by atoms with Crippen LogP contribution in [-0.4, -0.2) is 6.54 Å². The molecule has 0 heterocycles. The van der Waals surface area contributed by atoms with Gasteiger partial charge in [-0.1, -0.05) is 42.0 Å². The van der Waals surface area contributed by atoms with Crippen LogP contribution in [0.1, 0.15) is 34.6 Å². The van der Waals surface area contributed by atoms with Crippen LogP contribution in [0.3, 0.4) is 0 Å². The second kappa shape index (κ2) is 4.25. The van der Waals surface area contributed by atoms with Crippen LogP contribution in [0.2, 0.25) is 0 Å². The highest BCUT2D eigenvalue weighted by Gasteiger charge is 2.28. The number of hydrogen-bond donors (Lipinski definition) is 1. The molecule has 2 N–H and O–H groups in total. The fraction of sp³-hybridized carbons (Fsp3) is 0.294. The molecule has 0 aliphatic heterocycles. The topological polar surface area (TPSA) is 26.0 Å². The van der Waals surface area contributed by atoms with Gasteiger partial charge in [-0.15, -0.1) is 0 Å². The first-order chi connectivity index (χ1) is 8.72. The largest absolute Gasteiger partial charge is 0.330 e. The molecule has 0 saturated heterocycles. The summed E-state index contributed by atoms with van der Waals surface area (Å²) in [5, 5.41) is 0. The number of rotatable bonds is 2. The molecule has 1 nitrogen and oxygen atoms in total. The van der Waals surface area contributed by atoms with Crippen molar-refractivity contribution in [3.05, 3.63) is 58.7 Å². The van der Waals surface area contributed by atoms with E-state index in [9.17, 15) is 0 Å². The van der Waals surface area contributed by atoms with E-state index in [4.69, 9.17) is 5.73 Å². The van der Waals surface area contributed by atoms with Crippen LogP contribution in [0, 0.1) is 13.8 Å². The van der Waals surface area contributed by atoms with E-state index in [1.54, 1.807) is 0 Å². The van der Waals surface area contributed by atoms with E-state index >= 15 is 0 Å². The molecule has 0 bridgehead atoms. The molecule has 0 aromatic heterocycles. The molecule has 2 aromatic rings. The summed E-state index contributed by atoms with van der Waals surface area (Å²) in [6.45, 7) is 5.11. The molecule has 0 radical (unpaired) electrons. The van der Waals surface area contributed by atoms with E-state index in [-0.39, 0.29) is 0 Å². The standard InChI is InChI=1S/C17H19N/c1-11-6-7-15-16(10-11)13(8-9-18)14-5-3-4-12(2)17(14)15/h3-7,10,13H,8-9,18H2,1-2H3. The Labute approximate surface area is 109 Å². The van der Waals surface area contributed by atoms with E-state index < -0.39 is 0 Å². The van der Waals surface area contributed by atoms with Crippen LogP contribution in [0.5, 0.6) is 0 Å². The number of benzene rings is 2. The zero-order valence-electron chi connectivity index (χ0n) is 11.0. The van der Waals surface area contributed by atoms with Gasteiger partial charge in [0.2, 0.25) is 0 Å². The average Bonchev–Trinajstić information content (AvgIpc) is 2.66. The fourth-order valence-electron chi connectivity index (χ4n) is 3.19. The zero-order valence-corrected chi connectivity index (χ0v) is 11.0. The van der Waals surface area contributed by atoms with Gasteiger partial charge in [0.05, 0.1) is 0 Å². The van der Waals surface area contributed by atoms with Crippen molar-refractivity contribution in [2.45, 2.75) is 26.2 Å². The molecule has 1 atom stereocenters.